The molecule has 3 aromatic heterocycles. The first-order chi connectivity index (χ1) is 25.3. The average Bonchev–Trinajstić information content (AvgIpc) is 3.71. The molecule has 0 aliphatic carbocycles. The summed E-state index contributed by atoms with van der Waals surface area (Å²) in [6.45, 7) is 11.4. The minimum Gasteiger partial charge on any atom is -0.557 e. The summed E-state index contributed by atoms with van der Waals surface area (Å²) in [6.07, 6.45) is 4.52. The van der Waals surface area contributed by atoms with Crippen LogP contribution in [0.2, 0.25) is 0 Å². The third-order valence-corrected chi connectivity index (χ3v) is 8.58. The van der Waals surface area contributed by atoms with Crippen molar-refractivity contribution in [3.05, 3.63) is 137 Å². The monoisotopic (exact) mass is 830 g/mol. The SMILES string of the molecule is CC(C)c1cccc(C(C)C)c1-n1c(-c2[c-]oc3cc(C(C)(C)C)ccc23)nc2ccccc21.[2H]C([2H])([2H])c1c[c-]c(-c2ccc(C([2H])([2H])[2H])cn2)cc1.[Ir]. The van der Waals surface area contributed by atoms with E-state index < -0.39 is 13.7 Å². The van der Waals surface area contributed by atoms with Crippen molar-refractivity contribution < 1.29 is 32.7 Å². The summed E-state index contributed by atoms with van der Waals surface area (Å²) in [4.78, 5) is 9.20. The molecule has 253 valence electrons. The summed E-state index contributed by atoms with van der Waals surface area (Å²) in [5.74, 6) is 1.63. The van der Waals surface area contributed by atoms with E-state index in [0.717, 1.165) is 33.4 Å². The zero-order valence-electron chi connectivity index (χ0n) is 35.0. The van der Waals surface area contributed by atoms with E-state index in [9.17, 15) is 0 Å². The number of hydrogen-bond acceptors (Lipinski definition) is 3. The molecular weight excluding hydrogens is 779 g/mol. The molecule has 7 aromatic rings. The van der Waals surface area contributed by atoms with Gasteiger partial charge in [0, 0.05) is 52.1 Å². The van der Waals surface area contributed by atoms with Gasteiger partial charge in [-0.05, 0) is 64.2 Å². The van der Waals surface area contributed by atoms with Crippen LogP contribution < -0.4 is 0 Å². The van der Waals surface area contributed by atoms with Crippen molar-refractivity contribution in [1.82, 2.24) is 14.5 Å². The Morgan fingerprint density at radius 2 is 1.53 bits per heavy atom. The van der Waals surface area contributed by atoms with E-state index in [1.54, 1.807) is 12.1 Å². The van der Waals surface area contributed by atoms with E-state index in [1.807, 2.05) is 6.07 Å². The van der Waals surface area contributed by atoms with Gasteiger partial charge in [0.1, 0.15) is 0 Å². The van der Waals surface area contributed by atoms with Gasteiger partial charge in [0.05, 0.1) is 16.9 Å². The smallest absolute Gasteiger partial charge is 0.0774 e. The molecule has 0 saturated heterocycles. The third kappa shape index (κ3) is 7.49. The molecule has 0 bridgehead atoms. The maximum absolute atomic E-state index is 7.28. The van der Waals surface area contributed by atoms with Crippen LogP contribution in [0.5, 0.6) is 0 Å². The molecule has 0 atom stereocenters. The van der Waals surface area contributed by atoms with E-state index in [0.29, 0.717) is 23.1 Å². The Morgan fingerprint density at radius 1 is 0.816 bits per heavy atom. The van der Waals surface area contributed by atoms with Gasteiger partial charge in [-0.15, -0.1) is 41.5 Å². The van der Waals surface area contributed by atoms with Crippen molar-refractivity contribution in [3.63, 3.8) is 0 Å². The zero-order valence-corrected chi connectivity index (χ0v) is 31.4. The molecule has 4 nitrogen and oxygen atoms in total. The third-order valence-electron chi connectivity index (χ3n) is 8.58. The first-order valence-corrected chi connectivity index (χ1v) is 16.4. The Hall–Kier alpha value is -4.31. The summed E-state index contributed by atoms with van der Waals surface area (Å²) < 4.78 is 52.0. The number of pyridine rings is 1. The van der Waals surface area contributed by atoms with Crippen molar-refractivity contribution in [2.45, 2.75) is 79.4 Å². The maximum atomic E-state index is 7.28. The Labute approximate surface area is 313 Å². The summed E-state index contributed by atoms with van der Waals surface area (Å²) in [5, 5.41) is 1.04. The van der Waals surface area contributed by atoms with Gasteiger partial charge in [0.25, 0.3) is 0 Å². The topological polar surface area (TPSA) is 43.9 Å². The predicted octanol–water partition coefficient (Wildman–Crippen LogP) is 11.9. The normalized spacial score (nSPS) is 13.9. The number of fused-ring (bicyclic) bond motifs is 2. The van der Waals surface area contributed by atoms with E-state index in [4.69, 9.17) is 17.6 Å². The molecule has 0 aliphatic heterocycles. The van der Waals surface area contributed by atoms with Crippen LogP contribution in [0.1, 0.15) is 96.3 Å². The number of para-hydroxylation sites is 3. The number of aromatic nitrogens is 3. The molecule has 49 heavy (non-hydrogen) atoms. The van der Waals surface area contributed by atoms with Crippen molar-refractivity contribution in [2.75, 3.05) is 0 Å². The number of aryl methyl sites for hydroxylation is 2. The molecule has 0 fully saturated rings. The van der Waals surface area contributed by atoms with Crippen LogP contribution in [-0.4, -0.2) is 14.5 Å². The molecule has 7 rings (SSSR count). The molecule has 0 N–H and O–H groups in total. The number of nitrogens with zero attached hydrogens (tertiary/aromatic N) is 3. The van der Waals surface area contributed by atoms with Gasteiger partial charge in [-0.1, -0.05) is 121 Å². The second kappa shape index (κ2) is 14.7. The molecule has 5 heteroatoms. The fourth-order valence-corrected chi connectivity index (χ4v) is 5.93. The molecule has 3 heterocycles. The summed E-state index contributed by atoms with van der Waals surface area (Å²) in [7, 11) is 0. The fraction of sp³-hybridized carbons (Fsp3) is 0.273. The molecule has 0 spiro atoms. The van der Waals surface area contributed by atoms with Gasteiger partial charge in [-0.2, -0.15) is 0 Å². The molecule has 4 aromatic carbocycles. The van der Waals surface area contributed by atoms with Gasteiger partial charge < -0.3 is 14.0 Å². The minimum absolute atomic E-state index is 0. The summed E-state index contributed by atoms with van der Waals surface area (Å²) in [5.41, 5.74) is 10.5. The maximum Gasteiger partial charge on any atom is 0.0774 e. The second-order valence-corrected chi connectivity index (χ2v) is 13.8. The van der Waals surface area contributed by atoms with Crippen molar-refractivity contribution in [3.8, 4) is 28.3 Å². The first-order valence-electron chi connectivity index (χ1n) is 19.4. The molecule has 0 saturated carbocycles. The van der Waals surface area contributed by atoms with E-state index in [2.05, 4.69) is 125 Å². The minimum atomic E-state index is -2.18. The molecule has 0 aliphatic rings. The first kappa shape index (κ1) is 28.5. The molecular formula is C44H45IrN3O-2. The van der Waals surface area contributed by atoms with Crippen molar-refractivity contribution in [2.24, 2.45) is 0 Å². The Balaban J connectivity index is 0.000000237. The zero-order chi connectivity index (χ0) is 39.2. The number of furan rings is 1. The standard InChI is InChI=1S/C31H33N2O.C13H12N.Ir/c1-19(2)22-11-10-12-23(20(3)4)29(22)33-27-14-9-8-13-26(27)32-30(33)25-18-34-28-17-21(31(5,6)7)15-16-24(25)28;1-10-3-6-12(7-4-10)13-8-5-11(2)9-14-13;/h8-17,19-20H,1-7H3;3-6,8-9H,1-2H3;/q2*-1;/i;1D3,2D3;. The van der Waals surface area contributed by atoms with Crippen LogP contribution in [0.3, 0.4) is 0 Å². The molecule has 0 unspecified atom stereocenters. The Bertz CT molecular complexity index is 2320. The van der Waals surface area contributed by atoms with Crippen molar-refractivity contribution >= 4 is 22.0 Å². The van der Waals surface area contributed by atoms with E-state index >= 15 is 0 Å². The van der Waals surface area contributed by atoms with Crippen LogP contribution in [-0.2, 0) is 25.5 Å². The number of hydrogen-bond donors (Lipinski definition) is 0. The Kier molecular flexibility index (Phi) is 8.53. The van der Waals surface area contributed by atoms with Crippen molar-refractivity contribution in [1.29, 1.82) is 0 Å². The van der Waals surface area contributed by atoms with Crippen LogP contribution in [0.25, 0.3) is 50.3 Å². The van der Waals surface area contributed by atoms with Crippen LogP contribution in [0, 0.1) is 26.0 Å². The van der Waals surface area contributed by atoms with Crippen LogP contribution in [0.15, 0.2) is 102 Å². The van der Waals surface area contributed by atoms with Crippen LogP contribution >= 0.6 is 0 Å². The number of rotatable bonds is 5. The van der Waals surface area contributed by atoms with Gasteiger partial charge in [-0.3, -0.25) is 4.98 Å². The summed E-state index contributed by atoms with van der Waals surface area (Å²) >= 11 is 0. The van der Waals surface area contributed by atoms with E-state index in [-0.39, 0.29) is 36.6 Å². The van der Waals surface area contributed by atoms with Gasteiger partial charge in [0.15, 0.2) is 0 Å². The largest absolute Gasteiger partial charge is 0.557 e. The van der Waals surface area contributed by atoms with Gasteiger partial charge >= 0.3 is 0 Å². The number of benzene rings is 4. The molecule has 1 radical (unpaired) electrons. The van der Waals surface area contributed by atoms with E-state index in [1.165, 1.54) is 46.8 Å². The second-order valence-electron chi connectivity index (χ2n) is 13.8. The number of imidazole rings is 1. The van der Waals surface area contributed by atoms with Gasteiger partial charge in [0.2, 0.25) is 0 Å². The molecule has 0 amide bonds. The Morgan fingerprint density at radius 3 is 2.14 bits per heavy atom. The quantitative estimate of drug-likeness (QED) is 0.162. The van der Waals surface area contributed by atoms with Crippen LogP contribution in [0.4, 0.5) is 0 Å². The average molecular weight is 830 g/mol. The fourth-order valence-electron chi connectivity index (χ4n) is 5.93. The van der Waals surface area contributed by atoms with Gasteiger partial charge in [-0.25, -0.2) is 0 Å². The summed E-state index contributed by atoms with van der Waals surface area (Å²) in [6, 6.07) is 32.0. The predicted molar refractivity (Wildman–Crippen MR) is 200 cm³/mol.